The van der Waals surface area contributed by atoms with Crippen molar-refractivity contribution in [2.75, 3.05) is 28.2 Å². The SMILES string of the molecule is C[N+](C)(C)C.O=C([O-])Oc1ccccc1. The number of quaternary nitrogens is 1. The molecule has 0 atom stereocenters. The fourth-order valence-corrected chi connectivity index (χ4v) is 0.585. The third kappa shape index (κ3) is 12.4. The molecule has 0 fully saturated rings. The summed E-state index contributed by atoms with van der Waals surface area (Å²) in [5.74, 6) is 0.280. The summed E-state index contributed by atoms with van der Waals surface area (Å²) in [6.07, 6.45) is -1.54. The third-order valence-corrected chi connectivity index (χ3v) is 0.944. The molecule has 4 nitrogen and oxygen atoms in total. The van der Waals surface area contributed by atoms with E-state index in [0.29, 0.717) is 0 Å². The first-order valence-corrected chi connectivity index (χ1v) is 4.52. The maximum absolute atomic E-state index is 9.84. The number of carbonyl (C=O) groups is 1. The van der Waals surface area contributed by atoms with E-state index in [1.807, 2.05) is 0 Å². The molecule has 0 aliphatic carbocycles. The highest BCUT2D eigenvalue weighted by Gasteiger charge is 1.88. The Morgan fingerprint density at radius 2 is 1.53 bits per heavy atom. The van der Waals surface area contributed by atoms with Crippen molar-refractivity contribution in [3.05, 3.63) is 30.3 Å². The number of hydrogen-bond acceptors (Lipinski definition) is 3. The minimum atomic E-state index is -1.54. The Balaban J connectivity index is 0.000000336. The molecule has 1 aromatic rings. The molecule has 0 aliphatic rings. The van der Waals surface area contributed by atoms with Gasteiger partial charge in [0.05, 0.1) is 33.9 Å². The summed E-state index contributed by atoms with van der Waals surface area (Å²) >= 11 is 0. The highest BCUT2D eigenvalue weighted by atomic mass is 16.7. The van der Waals surface area contributed by atoms with Crippen molar-refractivity contribution in [2.45, 2.75) is 0 Å². The molecule has 0 aliphatic heterocycles. The summed E-state index contributed by atoms with van der Waals surface area (Å²) in [6, 6.07) is 8.20. The van der Waals surface area contributed by atoms with Crippen LogP contribution < -0.4 is 9.84 Å². The van der Waals surface area contributed by atoms with Crippen molar-refractivity contribution >= 4 is 6.16 Å². The molecule has 0 spiro atoms. The van der Waals surface area contributed by atoms with Crippen molar-refractivity contribution in [3.8, 4) is 5.75 Å². The lowest BCUT2D eigenvalue weighted by atomic mass is 10.3. The summed E-state index contributed by atoms with van der Waals surface area (Å²) in [6.45, 7) is 0. The largest absolute Gasteiger partial charge is 0.514 e. The molecule has 0 bridgehead atoms. The van der Waals surface area contributed by atoms with Gasteiger partial charge in [-0.05, 0) is 12.1 Å². The van der Waals surface area contributed by atoms with Gasteiger partial charge in [-0.3, -0.25) is 0 Å². The molecule has 84 valence electrons. The van der Waals surface area contributed by atoms with E-state index in [1.165, 1.54) is 12.1 Å². The van der Waals surface area contributed by atoms with E-state index >= 15 is 0 Å². The van der Waals surface area contributed by atoms with Crippen molar-refractivity contribution in [2.24, 2.45) is 0 Å². The van der Waals surface area contributed by atoms with Gasteiger partial charge in [0.2, 0.25) is 0 Å². The number of hydrogen-bond donors (Lipinski definition) is 0. The van der Waals surface area contributed by atoms with Crippen LogP contribution in [0, 0.1) is 0 Å². The van der Waals surface area contributed by atoms with Crippen LogP contribution in [0.3, 0.4) is 0 Å². The maximum Gasteiger partial charge on any atom is 0.257 e. The van der Waals surface area contributed by atoms with Gasteiger partial charge in [0, 0.05) is 0 Å². The number of ether oxygens (including phenoxy) is 1. The Bertz CT molecular complexity index is 284. The minimum Gasteiger partial charge on any atom is -0.514 e. The molecule has 0 N–H and O–H groups in total. The van der Waals surface area contributed by atoms with Crippen LogP contribution in [0.15, 0.2) is 30.3 Å². The molecule has 1 aromatic carbocycles. The first-order valence-electron chi connectivity index (χ1n) is 4.52. The minimum absolute atomic E-state index is 0.280. The molecule has 0 heterocycles. The topological polar surface area (TPSA) is 49.4 Å². The van der Waals surface area contributed by atoms with Gasteiger partial charge in [-0.1, -0.05) is 18.2 Å². The number of rotatable bonds is 1. The molecule has 0 radical (unpaired) electrons. The smallest absolute Gasteiger partial charge is 0.257 e. The summed E-state index contributed by atoms with van der Waals surface area (Å²) in [5, 5.41) is 9.84. The van der Waals surface area contributed by atoms with Gasteiger partial charge >= 0.3 is 0 Å². The van der Waals surface area contributed by atoms with E-state index in [2.05, 4.69) is 32.9 Å². The molecular formula is C11H17NO3. The van der Waals surface area contributed by atoms with Crippen LogP contribution in [-0.2, 0) is 0 Å². The Morgan fingerprint density at radius 3 is 1.87 bits per heavy atom. The van der Waals surface area contributed by atoms with Crippen molar-refractivity contribution in [3.63, 3.8) is 0 Å². The quantitative estimate of drug-likeness (QED) is 0.391. The Morgan fingerprint density at radius 1 is 1.13 bits per heavy atom. The van der Waals surface area contributed by atoms with Gasteiger partial charge in [-0.15, -0.1) is 0 Å². The second-order valence-corrected chi connectivity index (χ2v) is 4.35. The first-order chi connectivity index (χ1) is 6.79. The lowest BCUT2D eigenvalue weighted by Gasteiger charge is -2.14. The maximum atomic E-state index is 9.84. The fraction of sp³-hybridized carbons (Fsp3) is 0.364. The highest BCUT2D eigenvalue weighted by Crippen LogP contribution is 2.06. The predicted molar refractivity (Wildman–Crippen MR) is 56.4 cm³/mol. The second-order valence-electron chi connectivity index (χ2n) is 4.35. The molecule has 4 heteroatoms. The molecule has 15 heavy (non-hydrogen) atoms. The van der Waals surface area contributed by atoms with E-state index in [9.17, 15) is 9.90 Å². The average Bonchev–Trinajstić information content (AvgIpc) is 2.01. The zero-order valence-corrected chi connectivity index (χ0v) is 9.56. The van der Waals surface area contributed by atoms with Crippen molar-refractivity contribution in [1.29, 1.82) is 0 Å². The summed E-state index contributed by atoms with van der Waals surface area (Å²) in [7, 11) is 8.50. The van der Waals surface area contributed by atoms with E-state index in [1.54, 1.807) is 18.2 Å². The zero-order valence-electron chi connectivity index (χ0n) is 9.56. The second kappa shape index (κ2) is 6.03. The van der Waals surface area contributed by atoms with Gasteiger partial charge in [-0.25, -0.2) is 0 Å². The van der Waals surface area contributed by atoms with E-state index in [4.69, 9.17) is 0 Å². The highest BCUT2D eigenvalue weighted by molar-refractivity contribution is 5.58. The standard InChI is InChI=1S/C7H6O3.C4H12N/c8-7(9)10-6-4-2-1-3-5-6;1-5(2,3)4/h1-5H,(H,8,9);1-4H3/q;+1/p-1. The Hall–Kier alpha value is -1.55. The summed E-state index contributed by atoms with van der Waals surface area (Å²) in [5.41, 5.74) is 0. The lowest BCUT2D eigenvalue weighted by Crippen LogP contribution is -2.27. The fourth-order valence-electron chi connectivity index (χ4n) is 0.585. The van der Waals surface area contributed by atoms with Crippen LogP contribution in [0.1, 0.15) is 0 Å². The Labute approximate surface area is 90.3 Å². The van der Waals surface area contributed by atoms with Crippen molar-refractivity contribution < 1.29 is 19.1 Å². The molecule has 0 saturated heterocycles. The molecule has 0 unspecified atom stereocenters. The van der Waals surface area contributed by atoms with Crippen LogP contribution in [0.4, 0.5) is 4.79 Å². The van der Waals surface area contributed by atoms with Gasteiger partial charge in [-0.2, -0.15) is 0 Å². The van der Waals surface area contributed by atoms with Gasteiger partial charge in [0.1, 0.15) is 0 Å². The summed E-state index contributed by atoms with van der Waals surface area (Å²) < 4.78 is 5.22. The Kier molecular flexibility index (Phi) is 5.41. The number of para-hydroxylation sites is 1. The first kappa shape index (κ1) is 13.4. The van der Waals surface area contributed by atoms with Gasteiger partial charge < -0.3 is 19.1 Å². The zero-order chi connectivity index (χ0) is 11.9. The number of nitrogens with zero attached hydrogens (tertiary/aromatic N) is 1. The molecule has 1 rings (SSSR count). The van der Waals surface area contributed by atoms with Crippen LogP contribution in [-0.4, -0.2) is 38.8 Å². The molecule has 0 saturated carbocycles. The van der Waals surface area contributed by atoms with Crippen LogP contribution >= 0.6 is 0 Å². The summed E-state index contributed by atoms with van der Waals surface area (Å²) in [4.78, 5) is 9.84. The predicted octanol–water partition coefficient (Wildman–Crippen LogP) is 0.731. The molecule has 0 amide bonds. The van der Waals surface area contributed by atoms with E-state index in [0.717, 1.165) is 4.48 Å². The van der Waals surface area contributed by atoms with Crippen molar-refractivity contribution in [1.82, 2.24) is 0 Å². The lowest BCUT2D eigenvalue weighted by molar-refractivity contribution is -0.849. The molecular weight excluding hydrogens is 194 g/mol. The number of benzene rings is 1. The van der Waals surface area contributed by atoms with Gasteiger partial charge in [0.15, 0.2) is 0 Å². The average molecular weight is 211 g/mol. The van der Waals surface area contributed by atoms with Crippen LogP contribution in [0.2, 0.25) is 0 Å². The normalized spacial score (nSPS) is 9.87. The third-order valence-electron chi connectivity index (χ3n) is 0.944. The number of carboxylic acid groups (broad SMARTS) is 1. The monoisotopic (exact) mass is 211 g/mol. The van der Waals surface area contributed by atoms with E-state index in [-0.39, 0.29) is 5.75 Å². The number of carbonyl (C=O) groups excluding carboxylic acids is 1. The van der Waals surface area contributed by atoms with Crippen LogP contribution in [0.25, 0.3) is 0 Å². The van der Waals surface area contributed by atoms with Gasteiger partial charge in [0.25, 0.3) is 6.16 Å². The van der Waals surface area contributed by atoms with Crippen LogP contribution in [0.5, 0.6) is 5.75 Å². The molecule has 0 aromatic heterocycles. The van der Waals surface area contributed by atoms with E-state index < -0.39 is 6.16 Å².